The maximum absolute atomic E-state index is 13.3. The standard InChI is InChI=1S/C13H20FNO2/c1-3-13(8-16,9-17)15-7-11-5-4-10(2)12(14)6-11/h4-6,15-17H,3,7-9H2,1-2H3. The van der Waals surface area contributed by atoms with Gasteiger partial charge in [0, 0.05) is 6.54 Å². The second-order valence-corrected chi connectivity index (χ2v) is 4.39. The monoisotopic (exact) mass is 241 g/mol. The van der Waals surface area contributed by atoms with Crippen molar-refractivity contribution in [2.45, 2.75) is 32.4 Å². The predicted octanol–water partition coefficient (Wildman–Crippen LogP) is 1.36. The van der Waals surface area contributed by atoms with Crippen LogP contribution in [0.2, 0.25) is 0 Å². The SMILES string of the molecule is CCC(CO)(CO)NCc1ccc(C)c(F)c1. The number of aliphatic hydroxyl groups is 2. The van der Waals surface area contributed by atoms with Crippen molar-refractivity contribution in [3.8, 4) is 0 Å². The Morgan fingerprint density at radius 1 is 1.29 bits per heavy atom. The van der Waals surface area contributed by atoms with E-state index in [1.54, 1.807) is 13.0 Å². The molecule has 0 saturated carbocycles. The van der Waals surface area contributed by atoms with E-state index in [0.717, 1.165) is 5.56 Å². The molecule has 1 aromatic rings. The van der Waals surface area contributed by atoms with Gasteiger partial charge in [-0.05, 0) is 30.5 Å². The molecule has 0 radical (unpaired) electrons. The van der Waals surface area contributed by atoms with E-state index >= 15 is 0 Å². The highest BCUT2D eigenvalue weighted by atomic mass is 19.1. The molecule has 0 fully saturated rings. The average molecular weight is 241 g/mol. The molecule has 1 aromatic carbocycles. The Bertz CT molecular complexity index is 356. The van der Waals surface area contributed by atoms with Gasteiger partial charge in [-0.3, -0.25) is 0 Å². The highest BCUT2D eigenvalue weighted by Gasteiger charge is 2.25. The first-order valence-electron chi connectivity index (χ1n) is 5.78. The number of hydrogen-bond acceptors (Lipinski definition) is 3. The predicted molar refractivity (Wildman–Crippen MR) is 65.2 cm³/mol. The van der Waals surface area contributed by atoms with E-state index in [-0.39, 0.29) is 19.0 Å². The Kier molecular flexibility index (Phi) is 5.05. The molecule has 0 spiro atoms. The topological polar surface area (TPSA) is 52.5 Å². The van der Waals surface area contributed by atoms with Gasteiger partial charge in [-0.1, -0.05) is 19.1 Å². The first-order chi connectivity index (χ1) is 8.06. The van der Waals surface area contributed by atoms with Gasteiger partial charge in [-0.15, -0.1) is 0 Å². The number of nitrogens with one attached hydrogen (secondary N) is 1. The fraction of sp³-hybridized carbons (Fsp3) is 0.538. The highest BCUT2D eigenvalue weighted by molar-refractivity contribution is 5.23. The Balaban J connectivity index is 2.68. The highest BCUT2D eigenvalue weighted by Crippen LogP contribution is 2.12. The van der Waals surface area contributed by atoms with Crippen LogP contribution in [0.1, 0.15) is 24.5 Å². The normalized spacial score (nSPS) is 11.8. The molecular formula is C13H20FNO2. The first kappa shape index (κ1) is 14.1. The van der Waals surface area contributed by atoms with Crippen LogP contribution in [0, 0.1) is 12.7 Å². The van der Waals surface area contributed by atoms with Gasteiger partial charge in [0.25, 0.3) is 0 Å². The van der Waals surface area contributed by atoms with Crippen molar-refractivity contribution in [3.63, 3.8) is 0 Å². The van der Waals surface area contributed by atoms with Crippen molar-refractivity contribution in [2.75, 3.05) is 13.2 Å². The van der Waals surface area contributed by atoms with Gasteiger partial charge in [0.05, 0.1) is 18.8 Å². The van der Waals surface area contributed by atoms with Crippen molar-refractivity contribution in [1.29, 1.82) is 0 Å². The summed E-state index contributed by atoms with van der Waals surface area (Å²) >= 11 is 0. The molecule has 0 amide bonds. The smallest absolute Gasteiger partial charge is 0.126 e. The summed E-state index contributed by atoms with van der Waals surface area (Å²) in [5.74, 6) is -0.237. The molecule has 3 N–H and O–H groups in total. The number of rotatable bonds is 6. The maximum Gasteiger partial charge on any atom is 0.126 e. The van der Waals surface area contributed by atoms with Gasteiger partial charge in [-0.2, -0.15) is 0 Å². The van der Waals surface area contributed by atoms with Crippen LogP contribution in [0.4, 0.5) is 4.39 Å². The summed E-state index contributed by atoms with van der Waals surface area (Å²) in [6.07, 6.45) is 0.605. The number of aryl methyl sites for hydroxylation is 1. The maximum atomic E-state index is 13.3. The Morgan fingerprint density at radius 2 is 1.94 bits per heavy atom. The molecule has 0 atom stereocenters. The molecule has 0 heterocycles. The van der Waals surface area contributed by atoms with Crippen LogP contribution in [0.3, 0.4) is 0 Å². The fourth-order valence-electron chi connectivity index (χ4n) is 1.55. The second-order valence-electron chi connectivity index (χ2n) is 4.39. The van der Waals surface area contributed by atoms with Crippen molar-refractivity contribution >= 4 is 0 Å². The fourth-order valence-corrected chi connectivity index (χ4v) is 1.55. The Labute approximate surface area is 101 Å². The van der Waals surface area contributed by atoms with Crippen molar-refractivity contribution < 1.29 is 14.6 Å². The molecule has 0 unspecified atom stereocenters. The van der Waals surface area contributed by atoms with E-state index in [0.29, 0.717) is 18.5 Å². The van der Waals surface area contributed by atoms with E-state index in [2.05, 4.69) is 5.32 Å². The zero-order chi connectivity index (χ0) is 12.9. The summed E-state index contributed by atoms with van der Waals surface area (Å²) in [7, 11) is 0. The largest absolute Gasteiger partial charge is 0.394 e. The van der Waals surface area contributed by atoms with Crippen LogP contribution >= 0.6 is 0 Å². The van der Waals surface area contributed by atoms with Gasteiger partial charge >= 0.3 is 0 Å². The van der Waals surface area contributed by atoms with Crippen molar-refractivity contribution in [2.24, 2.45) is 0 Å². The second kappa shape index (κ2) is 6.10. The molecule has 3 nitrogen and oxygen atoms in total. The summed E-state index contributed by atoms with van der Waals surface area (Å²) in [5, 5.41) is 21.6. The van der Waals surface area contributed by atoms with Crippen LogP contribution in [-0.2, 0) is 6.54 Å². The molecule has 17 heavy (non-hydrogen) atoms. The molecule has 1 rings (SSSR count). The summed E-state index contributed by atoms with van der Waals surface area (Å²) in [6, 6.07) is 5.02. The van der Waals surface area contributed by atoms with Crippen LogP contribution in [-0.4, -0.2) is 29.0 Å². The third-order valence-corrected chi connectivity index (χ3v) is 3.19. The molecule has 96 valence electrons. The van der Waals surface area contributed by atoms with E-state index in [4.69, 9.17) is 0 Å². The van der Waals surface area contributed by atoms with Gasteiger partial charge in [0.15, 0.2) is 0 Å². The lowest BCUT2D eigenvalue weighted by Gasteiger charge is -2.30. The number of halogens is 1. The minimum absolute atomic E-state index is 0.145. The molecule has 0 saturated heterocycles. The van der Waals surface area contributed by atoms with E-state index in [9.17, 15) is 14.6 Å². The quantitative estimate of drug-likeness (QED) is 0.705. The van der Waals surface area contributed by atoms with Crippen LogP contribution < -0.4 is 5.32 Å². The number of benzene rings is 1. The van der Waals surface area contributed by atoms with Gasteiger partial charge < -0.3 is 15.5 Å². The van der Waals surface area contributed by atoms with Gasteiger partial charge in [0.2, 0.25) is 0 Å². The lowest BCUT2D eigenvalue weighted by atomic mass is 9.98. The molecule has 0 aromatic heterocycles. The van der Waals surface area contributed by atoms with Crippen LogP contribution in [0.15, 0.2) is 18.2 Å². The summed E-state index contributed by atoms with van der Waals surface area (Å²) < 4.78 is 13.3. The average Bonchev–Trinajstić information content (AvgIpc) is 2.36. The minimum Gasteiger partial charge on any atom is -0.394 e. The minimum atomic E-state index is -0.693. The van der Waals surface area contributed by atoms with Gasteiger partial charge in [-0.25, -0.2) is 4.39 Å². The summed E-state index contributed by atoms with van der Waals surface area (Å²) in [4.78, 5) is 0. The first-order valence-corrected chi connectivity index (χ1v) is 5.78. The molecule has 4 heteroatoms. The number of aliphatic hydroxyl groups excluding tert-OH is 2. The van der Waals surface area contributed by atoms with Crippen molar-refractivity contribution in [1.82, 2.24) is 5.32 Å². The molecule has 0 aliphatic rings. The zero-order valence-corrected chi connectivity index (χ0v) is 10.3. The Morgan fingerprint density at radius 3 is 2.41 bits per heavy atom. The third kappa shape index (κ3) is 3.49. The summed E-state index contributed by atoms with van der Waals surface area (Å²) in [5.41, 5.74) is 0.717. The number of hydrogen-bond donors (Lipinski definition) is 3. The third-order valence-electron chi connectivity index (χ3n) is 3.19. The molecule has 0 aliphatic carbocycles. The Hall–Kier alpha value is -0.970. The lowest BCUT2D eigenvalue weighted by Crippen LogP contribution is -2.50. The van der Waals surface area contributed by atoms with E-state index < -0.39 is 5.54 Å². The van der Waals surface area contributed by atoms with E-state index in [1.807, 2.05) is 13.0 Å². The molecule has 0 aliphatic heterocycles. The van der Waals surface area contributed by atoms with Gasteiger partial charge in [0.1, 0.15) is 5.82 Å². The molecular weight excluding hydrogens is 221 g/mol. The van der Waals surface area contributed by atoms with Crippen LogP contribution in [0.25, 0.3) is 0 Å². The van der Waals surface area contributed by atoms with Crippen molar-refractivity contribution in [3.05, 3.63) is 35.1 Å². The van der Waals surface area contributed by atoms with E-state index in [1.165, 1.54) is 6.07 Å². The zero-order valence-electron chi connectivity index (χ0n) is 10.3. The van der Waals surface area contributed by atoms with Crippen LogP contribution in [0.5, 0.6) is 0 Å². The summed E-state index contributed by atoms with van der Waals surface area (Å²) in [6.45, 7) is 3.73. The molecule has 0 bridgehead atoms. The lowest BCUT2D eigenvalue weighted by molar-refractivity contribution is 0.0864.